The number of hydrogen-bond donors (Lipinski definition) is 0. The highest BCUT2D eigenvalue weighted by molar-refractivity contribution is 8.24. The maximum absolute atomic E-state index is 13.3. The highest BCUT2D eigenvalue weighted by Crippen LogP contribution is 2.41. The third-order valence-corrected chi connectivity index (χ3v) is 11.1. The Morgan fingerprint density at radius 1 is 0.805 bits per heavy atom. The molecule has 0 radical (unpaired) electrons. The molecule has 0 heterocycles. The predicted molar refractivity (Wildman–Crippen MR) is 188 cm³/mol. The van der Waals surface area contributed by atoms with Gasteiger partial charge in [-0.25, -0.2) is 0 Å². The van der Waals surface area contributed by atoms with E-state index < -0.39 is 4.75 Å². The first-order valence-corrected chi connectivity index (χ1v) is 17.8. The first kappa shape index (κ1) is 40.9. The number of hydrogen-bond acceptors (Lipinski definition) is 8. The molecule has 0 aromatic rings. The Bertz CT molecular complexity index is 777. The minimum atomic E-state index is -0.798. The van der Waals surface area contributed by atoms with Crippen LogP contribution >= 0.6 is 48.0 Å². The van der Waals surface area contributed by atoms with Crippen LogP contribution in [-0.4, -0.2) is 87.7 Å². The summed E-state index contributed by atoms with van der Waals surface area (Å²) in [5.74, 6) is 1.31. The van der Waals surface area contributed by atoms with Gasteiger partial charge in [0, 0.05) is 38.5 Å². The van der Waals surface area contributed by atoms with Crippen LogP contribution < -0.4 is 0 Å². The Morgan fingerprint density at radius 3 is 1.83 bits per heavy atom. The number of carbonyl (C=O) groups excluding carboxylic acids is 1. The van der Waals surface area contributed by atoms with E-state index in [1.54, 1.807) is 11.8 Å². The van der Waals surface area contributed by atoms with Crippen LogP contribution in [0.3, 0.4) is 0 Å². The molecule has 6 nitrogen and oxygen atoms in total. The van der Waals surface area contributed by atoms with E-state index in [1.165, 1.54) is 11.8 Å². The smallest absolute Gasteiger partial charge is 0.322 e. The maximum Gasteiger partial charge on any atom is 0.322 e. The van der Waals surface area contributed by atoms with E-state index in [0.717, 1.165) is 34.8 Å². The van der Waals surface area contributed by atoms with Crippen molar-refractivity contribution in [3.63, 3.8) is 0 Å². The van der Waals surface area contributed by atoms with Crippen molar-refractivity contribution in [1.29, 1.82) is 0 Å². The molecule has 0 spiro atoms. The number of ether oxygens (including phenoxy) is 3. The second-order valence-corrected chi connectivity index (χ2v) is 16.7. The lowest BCUT2D eigenvalue weighted by atomic mass is 9.65. The quantitative estimate of drug-likeness (QED) is 0.0628. The monoisotopic (exact) mass is 652 g/mol. The van der Waals surface area contributed by atoms with Gasteiger partial charge in [-0.05, 0) is 70.1 Å². The zero-order valence-electron chi connectivity index (χ0n) is 28.1. The second-order valence-electron chi connectivity index (χ2n) is 12.8. The lowest BCUT2D eigenvalue weighted by Crippen LogP contribution is -2.39. The molecule has 0 aliphatic carbocycles. The predicted octanol–water partition coefficient (Wildman–Crippen LogP) is 8.12. The normalized spacial score (nSPS) is 15.1. The molecule has 0 saturated carbocycles. The summed E-state index contributed by atoms with van der Waals surface area (Å²) in [6.07, 6.45) is 1.29. The average molecular weight is 653 g/mol. The standard InChI is InChI=1S/C31H60N2O4S4/c1-13-32(14-2)27(38)40-21-20-37-26(34)31(12,41-28(39)33(15-3)16-4)18-17-19-35-23-36-22-25(30(9,10)11)24(5)29(6,7)8/h24-25H,13-23H2,1-12H3. The number of carbonyl (C=O) groups is 1. The highest BCUT2D eigenvalue weighted by atomic mass is 32.2. The second kappa shape index (κ2) is 20.0. The molecule has 242 valence electrons. The van der Waals surface area contributed by atoms with Crippen LogP contribution in [-0.2, 0) is 19.0 Å². The van der Waals surface area contributed by atoms with Crippen molar-refractivity contribution in [2.45, 2.75) is 101 Å². The van der Waals surface area contributed by atoms with Gasteiger partial charge >= 0.3 is 5.97 Å². The molecule has 0 aliphatic rings. The first-order chi connectivity index (χ1) is 19.0. The van der Waals surface area contributed by atoms with Gasteiger partial charge in [-0.2, -0.15) is 0 Å². The van der Waals surface area contributed by atoms with Crippen molar-refractivity contribution in [2.75, 3.05) is 58.5 Å². The summed E-state index contributed by atoms with van der Waals surface area (Å²) in [6.45, 7) is 31.4. The van der Waals surface area contributed by atoms with Gasteiger partial charge in [0.2, 0.25) is 0 Å². The summed E-state index contributed by atoms with van der Waals surface area (Å²) in [4.78, 5) is 17.6. The van der Waals surface area contributed by atoms with Crippen LogP contribution in [0.4, 0.5) is 0 Å². The van der Waals surface area contributed by atoms with Crippen molar-refractivity contribution >= 4 is 62.6 Å². The van der Waals surface area contributed by atoms with Crippen molar-refractivity contribution in [3.05, 3.63) is 0 Å². The molecule has 0 amide bonds. The molecule has 0 saturated heterocycles. The Labute approximate surface area is 272 Å². The Kier molecular flexibility index (Phi) is 19.9. The summed E-state index contributed by atoms with van der Waals surface area (Å²) in [5.41, 5.74) is 0.352. The third kappa shape index (κ3) is 15.4. The topological polar surface area (TPSA) is 51.2 Å². The number of nitrogens with zero attached hydrogens (tertiary/aromatic N) is 2. The molecule has 0 N–H and O–H groups in total. The van der Waals surface area contributed by atoms with Gasteiger partial charge in [0.1, 0.15) is 26.8 Å². The SMILES string of the molecule is CCN(CC)C(=S)SCCOC(=O)C(C)(CCCOCOCC(C(C)C(C)(C)C)C(C)(C)C)SC(=S)N(CC)CC. The zero-order valence-corrected chi connectivity index (χ0v) is 31.4. The van der Waals surface area contributed by atoms with Gasteiger partial charge in [-0.1, -0.05) is 96.4 Å². The number of rotatable bonds is 18. The highest BCUT2D eigenvalue weighted by Gasteiger charge is 2.38. The van der Waals surface area contributed by atoms with E-state index >= 15 is 0 Å². The lowest BCUT2D eigenvalue weighted by Gasteiger charge is -2.41. The molecule has 0 aliphatic heterocycles. The van der Waals surface area contributed by atoms with Gasteiger partial charge < -0.3 is 24.0 Å². The summed E-state index contributed by atoms with van der Waals surface area (Å²) >= 11 is 14.2. The zero-order chi connectivity index (χ0) is 31.9. The minimum Gasteiger partial charge on any atom is -0.464 e. The van der Waals surface area contributed by atoms with Crippen LogP contribution in [0.25, 0.3) is 0 Å². The molecule has 0 fully saturated rings. The molecule has 0 aromatic carbocycles. The van der Waals surface area contributed by atoms with Crippen molar-refractivity contribution in [2.24, 2.45) is 22.7 Å². The average Bonchev–Trinajstić information content (AvgIpc) is 2.87. The fourth-order valence-corrected chi connectivity index (χ4v) is 7.74. The van der Waals surface area contributed by atoms with Crippen LogP contribution in [0.2, 0.25) is 0 Å². The molecule has 0 aromatic heterocycles. The van der Waals surface area contributed by atoms with Crippen molar-refractivity contribution in [1.82, 2.24) is 9.80 Å². The third-order valence-electron chi connectivity index (χ3n) is 7.82. The van der Waals surface area contributed by atoms with Gasteiger partial charge in [-0.3, -0.25) is 4.79 Å². The molecular formula is C31H60N2O4S4. The van der Waals surface area contributed by atoms with Crippen molar-refractivity contribution < 1.29 is 19.0 Å². The molecule has 3 unspecified atom stereocenters. The summed E-state index contributed by atoms with van der Waals surface area (Å²) in [7, 11) is 0. The fourth-order valence-electron chi connectivity index (χ4n) is 4.48. The van der Waals surface area contributed by atoms with Gasteiger partial charge in [0.15, 0.2) is 0 Å². The Balaban J connectivity index is 5.00. The molecular weight excluding hydrogens is 593 g/mol. The Morgan fingerprint density at radius 2 is 1.34 bits per heavy atom. The maximum atomic E-state index is 13.3. The van der Waals surface area contributed by atoms with E-state index in [2.05, 4.69) is 86.0 Å². The molecule has 10 heteroatoms. The van der Waals surface area contributed by atoms with Crippen LogP contribution in [0.5, 0.6) is 0 Å². The van der Waals surface area contributed by atoms with E-state index in [9.17, 15) is 4.79 Å². The Hall–Kier alpha value is -0.130. The molecule has 0 rings (SSSR count). The van der Waals surface area contributed by atoms with Crippen LogP contribution in [0.1, 0.15) is 95.9 Å². The van der Waals surface area contributed by atoms with Gasteiger partial charge in [0.05, 0.1) is 6.61 Å². The van der Waals surface area contributed by atoms with Gasteiger partial charge in [0.25, 0.3) is 0 Å². The van der Waals surface area contributed by atoms with Crippen LogP contribution in [0, 0.1) is 22.7 Å². The van der Waals surface area contributed by atoms with E-state index in [-0.39, 0.29) is 23.6 Å². The first-order valence-electron chi connectivity index (χ1n) is 15.2. The number of thiocarbonyl (C=S) groups is 2. The van der Waals surface area contributed by atoms with E-state index in [0.29, 0.717) is 50.3 Å². The lowest BCUT2D eigenvalue weighted by molar-refractivity contribution is -0.145. The summed E-state index contributed by atoms with van der Waals surface area (Å²) < 4.78 is 18.4. The fraction of sp³-hybridized carbons (Fsp3) is 0.903. The van der Waals surface area contributed by atoms with E-state index in [4.69, 9.17) is 38.6 Å². The largest absolute Gasteiger partial charge is 0.464 e. The summed E-state index contributed by atoms with van der Waals surface area (Å²) in [5, 5.41) is 0. The van der Waals surface area contributed by atoms with Gasteiger partial charge in [-0.15, -0.1) is 0 Å². The molecule has 0 bridgehead atoms. The summed E-state index contributed by atoms with van der Waals surface area (Å²) in [6, 6.07) is 0. The molecule has 3 atom stereocenters. The number of thioether (sulfide) groups is 2. The molecule has 41 heavy (non-hydrogen) atoms. The minimum absolute atomic E-state index is 0.143. The van der Waals surface area contributed by atoms with Crippen LogP contribution in [0.15, 0.2) is 0 Å². The van der Waals surface area contributed by atoms with Crippen molar-refractivity contribution in [3.8, 4) is 0 Å². The number of esters is 1. The van der Waals surface area contributed by atoms with E-state index in [1.807, 2.05) is 6.92 Å².